The third kappa shape index (κ3) is 3.99. The molecule has 3 aromatic rings. The average molecular weight is 403 g/mol. The first-order valence-electron chi connectivity index (χ1n) is 8.58. The zero-order valence-corrected chi connectivity index (χ0v) is 17.4. The van der Waals surface area contributed by atoms with Crippen molar-refractivity contribution in [3.05, 3.63) is 58.4 Å². The second-order valence-electron chi connectivity index (χ2n) is 6.16. The predicted molar refractivity (Wildman–Crippen MR) is 110 cm³/mol. The summed E-state index contributed by atoms with van der Waals surface area (Å²) in [7, 11) is -2.25. The Morgan fingerprint density at radius 3 is 2.56 bits per heavy atom. The van der Waals surface area contributed by atoms with Crippen LogP contribution in [0.15, 0.2) is 52.7 Å². The van der Waals surface area contributed by atoms with Crippen molar-refractivity contribution in [1.29, 1.82) is 0 Å². The summed E-state index contributed by atoms with van der Waals surface area (Å²) in [5, 5.41) is 2.85. The van der Waals surface area contributed by atoms with Gasteiger partial charge in [0.2, 0.25) is 0 Å². The molecule has 0 aliphatic heterocycles. The van der Waals surface area contributed by atoms with E-state index in [1.54, 1.807) is 25.2 Å². The van der Waals surface area contributed by atoms with Gasteiger partial charge in [-0.25, -0.2) is 13.4 Å². The highest BCUT2D eigenvalue weighted by Crippen LogP contribution is 2.33. The number of aryl methyl sites for hydroxylation is 2. The number of aromatic nitrogens is 1. The van der Waals surface area contributed by atoms with Crippen LogP contribution in [0.5, 0.6) is 5.75 Å². The molecule has 7 heteroatoms. The van der Waals surface area contributed by atoms with Crippen molar-refractivity contribution in [2.45, 2.75) is 25.7 Å². The van der Waals surface area contributed by atoms with E-state index in [-0.39, 0.29) is 4.90 Å². The molecule has 1 aromatic heterocycles. The monoisotopic (exact) mass is 402 g/mol. The van der Waals surface area contributed by atoms with E-state index in [4.69, 9.17) is 4.74 Å². The SMILES string of the molecule is CCOc1ccc(-c2csc(C)n2)cc1S(=O)(=O)N(C)c1cccc(C)c1. The van der Waals surface area contributed by atoms with Gasteiger partial charge >= 0.3 is 0 Å². The van der Waals surface area contributed by atoms with Crippen LogP contribution in [-0.4, -0.2) is 27.1 Å². The third-order valence-electron chi connectivity index (χ3n) is 4.16. The Morgan fingerprint density at radius 1 is 1.15 bits per heavy atom. The lowest BCUT2D eigenvalue weighted by atomic mass is 10.2. The van der Waals surface area contributed by atoms with Crippen LogP contribution in [0.1, 0.15) is 17.5 Å². The summed E-state index contributed by atoms with van der Waals surface area (Å²) in [5.41, 5.74) is 3.10. The molecule has 0 aliphatic carbocycles. The van der Waals surface area contributed by atoms with Crippen LogP contribution < -0.4 is 9.04 Å². The van der Waals surface area contributed by atoms with Gasteiger partial charge in [0.25, 0.3) is 10.0 Å². The Morgan fingerprint density at radius 2 is 1.93 bits per heavy atom. The predicted octanol–water partition coefficient (Wildman–Crippen LogP) is 4.65. The van der Waals surface area contributed by atoms with E-state index in [9.17, 15) is 8.42 Å². The Balaban J connectivity index is 2.11. The van der Waals surface area contributed by atoms with Crippen LogP contribution >= 0.6 is 11.3 Å². The highest BCUT2D eigenvalue weighted by Gasteiger charge is 2.26. The standard InChI is InChI=1S/C20H22N2O3S2/c1-5-25-19-10-9-16(18-13-26-15(3)21-18)12-20(19)27(23,24)22(4)17-8-6-7-14(2)11-17/h6-13H,5H2,1-4H3. The first-order valence-corrected chi connectivity index (χ1v) is 10.9. The highest BCUT2D eigenvalue weighted by atomic mass is 32.2. The Hall–Kier alpha value is -2.38. The molecule has 0 saturated carbocycles. The smallest absolute Gasteiger partial charge is 0.267 e. The van der Waals surface area contributed by atoms with Crippen molar-refractivity contribution < 1.29 is 13.2 Å². The lowest BCUT2D eigenvalue weighted by Gasteiger charge is -2.22. The number of hydrogen-bond donors (Lipinski definition) is 0. The maximum Gasteiger partial charge on any atom is 0.267 e. The lowest BCUT2D eigenvalue weighted by molar-refractivity contribution is 0.331. The second-order valence-corrected chi connectivity index (χ2v) is 9.16. The van der Waals surface area contributed by atoms with Crippen LogP contribution in [0.3, 0.4) is 0 Å². The summed E-state index contributed by atoms with van der Waals surface area (Å²) in [6, 6.07) is 12.6. The van der Waals surface area contributed by atoms with Crippen molar-refractivity contribution in [3.8, 4) is 17.0 Å². The number of hydrogen-bond acceptors (Lipinski definition) is 5. The molecule has 142 valence electrons. The van der Waals surface area contributed by atoms with E-state index < -0.39 is 10.0 Å². The molecule has 5 nitrogen and oxygen atoms in total. The number of nitrogens with zero attached hydrogens (tertiary/aromatic N) is 2. The highest BCUT2D eigenvalue weighted by molar-refractivity contribution is 7.93. The maximum absolute atomic E-state index is 13.4. The molecule has 0 atom stereocenters. The van der Waals surface area contributed by atoms with Crippen LogP contribution in [-0.2, 0) is 10.0 Å². The summed E-state index contributed by atoms with van der Waals surface area (Å²) >= 11 is 1.53. The van der Waals surface area contributed by atoms with Crippen molar-refractivity contribution in [2.75, 3.05) is 18.0 Å². The largest absolute Gasteiger partial charge is 0.492 e. The molecule has 0 radical (unpaired) electrons. The number of anilines is 1. The minimum absolute atomic E-state index is 0.136. The third-order valence-corrected chi connectivity index (χ3v) is 6.74. The number of rotatable bonds is 6. The molecular weight excluding hydrogens is 380 g/mol. The van der Waals surface area contributed by atoms with Gasteiger partial charge in [0.05, 0.1) is 23.0 Å². The van der Waals surface area contributed by atoms with Crippen molar-refractivity contribution in [2.24, 2.45) is 0 Å². The van der Waals surface area contributed by atoms with Gasteiger partial charge < -0.3 is 4.74 Å². The topological polar surface area (TPSA) is 59.5 Å². The fourth-order valence-electron chi connectivity index (χ4n) is 2.75. The molecule has 27 heavy (non-hydrogen) atoms. The van der Waals surface area contributed by atoms with Crippen LogP contribution in [0.2, 0.25) is 0 Å². The number of thiazole rings is 1. The first kappa shape index (κ1) is 19.4. The van der Waals surface area contributed by atoms with Gasteiger partial charge in [0.15, 0.2) is 0 Å². The molecule has 0 unspecified atom stereocenters. The van der Waals surface area contributed by atoms with Crippen molar-refractivity contribution in [3.63, 3.8) is 0 Å². The molecule has 0 amide bonds. The van der Waals surface area contributed by atoms with Gasteiger partial charge in [-0.2, -0.15) is 0 Å². The zero-order chi connectivity index (χ0) is 19.6. The van der Waals surface area contributed by atoms with Gasteiger partial charge in [-0.3, -0.25) is 4.31 Å². The minimum Gasteiger partial charge on any atom is -0.492 e. The molecule has 3 rings (SSSR count). The zero-order valence-electron chi connectivity index (χ0n) is 15.8. The summed E-state index contributed by atoms with van der Waals surface area (Å²) in [4.78, 5) is 4.60. The molecule has 0 N–H and O–H groups in total. The van der Waals surface area contributed by atoms with Gasteiger partial charge in [-0.05, 0) is 56.7 Å². The summed E-state index contributed by atoms with van der Waals surface area (Å²) in [6.45, 7) is 6.07. The molecular formula is C20H22N2O3S2. The van der Waals surface area contributed by atoms with E-state index >= 15 is 0 Å². The Bertz CT molecular complexity index is 1060. The number of ether oxygens (including phenoxy) is 1. The molecule has 0 aliphatic rings. The van der Waals surface area contributed by atoms with E-state index in [1.165, 1.54) is 15.6 Å². The normalized spacial score (nSPS) is 11.4. The summed E-state index contributed by atoms with van der Waals surface area (Å²) in [6.07, 6.45) is 0. The summed E-state index contributed by atoms with van der Waals surface area (Å²) < 4.78 is 33.6. The molecule has 0 saturated heterocycles. The fraction of sp³-hybridized carbons (Fsp3) is 0.250. The van der Waals surface area contributed by atoms with E-state index in [0.717, 1.165) is 21.8 Å². The van der Waals surface area contributed by atoms with Crippen molar-refractivity contribution >= 4 is 27.0 Å². The quantitative estimate of drug-likeness (QED) is 0.602. The van der Waals surface area contributed by atoms with Crippen LogP contribution in [0.4, 0.5) is 5.69 Å². The first-order chi connectivity index (χ1) is 12.8. The van der Waals surface area contributed by atoms with E-state index in [1.807, 2.05) is 50.4 Å². The molecule has 0 spiro atoms. The second kappa shape index (κ2) is 7.70. The van der Waals surface area contributed by atoms with Crippen LogP contribution in [0, 0.1) is 13.8 Å². The van der Waals surface area contributed by atoms with Crippen molar-refractivity contribution in [1.82, 2.24) is 4.98 Å². The number of benzene rings is 2. The van der Waals surface area contributed by atoms with Gasteiger partial charge in [0, 0.05) is 18.0 Å². The Labute approximate surface area is 164 Å². The minimum atomic E-state index is -3.80. The van der Waals surface area contributed by atoms with E-state index in [0.29, 0.717) is 18.0 Å². The lowest BCUT2D eigenvalue weighted by Crippen LogP contribution is -2.27. The van der Waals surface area contributed by atoms with Gasteiger partial charge in [-0.1, -0.05) is 12.1 Å². The van der Waals surface area contributed by atoms with Gasteiger partial charge in [0.1, 0.15) is 10.6 Å². The molecule has 0 fully saturated rings. The molecule has 2 aromatic carbocycles. The van der Waals surface area contributed by atoms with Crippen LogP contribution in [0.25, 0.3) is 11.3 Å². The number of sulfonamides is 1. The molecule has 1 heterocycles. The average Bonchev–Trinajstić information content (AvgIpc) is 3.08. The molecule has 0 bridgehead atoms. The van der Waals surface area contributed by atoms with E-state index in [2.05, 4.69) is 4.98 Å². The maximum atomic E-state index is 13.4. The Kier molecular flexibility index (Phi) is 5.53. The summed E-state index contributed by atoms with van der Waals surface area (Å²) in [5.74, 6) is 0.340. The van der Waals surface area contributed by atoms with Gasteiger partial charge in [-0.15, -0.1) is 11.3 Å². The fourth-order valence-corrected chi connectivity index (χ4v) is 4.72.